The normalized spacial score (nSPS) is 19.0. The molecule has 0 unspecified atom stereocenters. The number of halogens is 2. The molecule has 5 rings (SSSR count). The van der Waals surface area contributed by atoms with E-state index in [1.54, 1.807) is 0 Å². The summed E-state index contributed by atoms with van der Waals surface area (Å²) in [7, 11) is 0. The van der Waals surface area contributed by atoms with Crippen LogP contribution in [0.4, 0.5) is 8.78 Å². The summed E-state index contributed by atoms with van der Waals surface area (Å²) < 4.78 is 28.4. The lowest BCUT2D eigenvalue weighted by Gasteiger charge is -2.46. The third kappa shape index (κ3) is 3.66. The number of rotatable bonds is 4. The van der Waals surface area contributed by atoms with Gasteiger partial charge in [-0.15, -0.1) is 0 Å². The maximum absolute atomic E-state index is 14.2. The Morgan fingerprint density at radius 1 is 0.700 bits per heavy atom. The molecule has 2 aliphatic rings. The minimum atomic E-state index is -0.497. The van der Waals surface area contributed by atoms with Gasteiger partial charge in [-0.1, -0.05) is 54.6 Å². The van der Waals surface area contributed by atoms with E-state index in [1.165, 1.54) is 28.8 Å². The van der Waals surface area contributed by atoms with Crippen molar-refractivity contribution in [1.29, 1.82) is 0 Å². The first kappa shape index (κ1) is 19.4. The first-order valence-corrected chi connectivity index (χ1v) is 10.7. The second-order valence-corrected chi connectivity index (χ2v) is 8.56. The molecule has 1 saturated heterocycles. The number of hydrogen-bond acceptors (Lipinski definition) is 2. The highest BCUT2D eigenvalue weighted by Crippen LogP contribution is 2.43. The molecule has 0 radical (unpaired) electrons. The molecule has 0 bridgehead atoms. The van der Waals surface area contributed by atoms with Gasteiger partial charge in [-0.25, -0.2) is 8.78 Å². The van der Waals surface area contributed by atoms with Crippen LogP contribution >= 0.6 is 0 Å². The molecule has 4 heteroatoms. The first-order valence-electron chi connectivity index (χ1n) is 10.7. The van der Waals surface area contributed by atoms with E-state index >= 15 is 0 Å². The molecule has 3 aromatic carbocycles. The van der Waals surface area contributed by atoms with Crippen LogP contribution in [0.3, 0.4) is 0 Å². The fraction of sp³-hybridized carbons (Fsp3) is 0.308. The molecule has 0 spiro atoms. The van der Waals surface area contributed by atoms with Crippen LogP contribution in [0.1, 0.15) is 22.3 Å². The molecule has 0 atom stereocenters. The molecule has 0 aromatic heterocycles. The van der Waals surface area contributed by atoms with Gasteiger partial charge in [0.25, 0.3) is 0 Å². The number of benzene rings is 3. The SMILES string of the molecule is Fc1cc(F)cc(C2(N3CCN(Cc4ccccc4)CC3)Cc3ccccc3C2)c1. The molecule has 1 aliphatic carbocycles. The number of piperazine rings is 1. The average Bonchev–Trinajstić information content (AvgIpc) is 3.15. The van der Waals surface area contributed by atoms with Gasteiger partial charge in [-0.05, 0) is 47.2 Å². The summed E-state index contributed by atoms with van der Waals surface area (Å²) in [6.07, 6.45) is 1.59. The van der Waals surface area contributed by atoms with E-state index in [9.17, 15) is 8.78 Å². The van der Waals surface area contributed by atoms with Gasteiger partial charge < -0.3 is 0 Å². The van der Waals surface area contributed by atoms with Crippen LogP contribution in [0.5, 0.6) is 0 Å². The molecular formula is C26H26F2N2. The minimum absolute atomic E-state index is 0.383. The molecule has 0 amide bonds. The van der Waals surface area contributed by atoms with Crippen molar-refractivity contribution in [3.63, 3.8) is 0 Å². The Bertz CT molecular complexity index is 981. The summed E-state index contributed by atoms with van der Waals surface area (Å²) in [5.41, 5.74) is 4.27. The summed E-state index contributed by atoms with van der Waals surface area (Å²) in [5.74, 6) is -0.994. The summed E-state index contributed by atoms with van der Waals surface area (Å²) in [5, 5.41) is 0. The second kappa shape index (κ2) is 7.93. The molecule has 0 saturated carbocycles. The van der Waals surface area contributed by atoms with E-state index < -0.39 is 11.6 Å². The minimum Gasteiger partial charge on any atom is -0.297 e. The van der Waals surface area contributed by atoms with E-state index in [0.29, 0.717) is 0 Å². The second-order valence-electron chi connectivity index (χ2n) is 8.56. The smallest absolute Gasteiger partial charge is 0.126 e. The molecule has 30 heavy (non-hydrogen) atoms. The first-order chi connectivity index (χ1) is 14.6. The van der Waals surface area contributed by atoms with Gasteiger partial charge in [0.05, 0.1) is 5.54 Å². The summed E-state index contributed by atoms with van der Waals surface area (Å²) >= 11 is 0. The zero-order valence-corrected chi connectivity index (χ0v) is 17.0. The van der Waals surface area contributed by atoms with E-state index in [1.807, 2.05) is 6.07 Å². The third-order valence-corrected chi connectivity index (χ3v) is 6.71. The van der Waals surface area contributed by atoms with Crippen molar-refractivity contribution >= 4 is 0 Å². The Kier molecular flexibility index (Phi) is 5.13. The molecule has 1 fully saturated rings. The van der Waals surface area contributed by atoms with Gasteiger partial charge >= 0.3 is 0 Å². The van der Waals surface area contributed by atoms with Crippen molar-refractivity contribution in [3.05, 3.63) is 107 Å². The van der Waals surface area contributed by atoms with Crippen LogP contribution in [0.25, 0.3) is 0 Å². The Labute approximate surface area is 176 Å². The fourth-order valence-electron chi connectivity index (χ4n) is 5.20. The van der Waals surface area contributed by atoms with Gasteiger partial charge in [-0.2, -0.15) is 0 Å². The van der Waals surface area contributed by atoms with Gasteiger partial charge in [-0.3, -0.25) is 9.80 Å². The van der Waals surface area contributed by atoms with Crippen molar-refractivity contribution in [2.45, 2.75) is 24.9 Å². The quantitative estimate of drug-likeness (QED) is 0.618. The maximum Gasteiger partial charge on any atom is 0.126 e. The Morgan fingerprint density at radius 2 is 1.27 bits per heavy atom. The highest BCUT2D eigenvalue weighted by molar-refractivity contribution is 5.42. The van der Waals surface area contributed by atoms with Gasteiger partial charge in [0.2, 0.25) is 0 Å². The molecule has 1 aliphatic heterocycles. The van der Waals surface area contributed by atoms with E-state index in [-0.39, 0.29) is 5.54 Å². The Morgan fingerprint density at radius 3 is 1.87 bits per heavy atom. The standard InChI is InChI=1S/C26H26F2N2/c27-24-14-23(15-25(28)16-24)26(17-21-8-4-5-9-22(21)18-26)30-12-10-29(11-13-30)19-20-6-2-1-3-7-20/h1-9,14-16H,10-13,17-19H2. The van der Waals surface area contributed by atoms with Crippen molar-refractivity contribution < 1.29 is 8.78 Å². The Hall–Kier alpha value is -2.56. The van der Waals surface area contributed by atoms with Crippen molar-refractivity contribution in [2.75, 3.05) is 26.2 Å². The lowest BCUT2D eigenvalue weighted by atomic mass is 9.84. The molecule has 0 N–H and O–H groups in total. The van der Waals surface area contributed by atoms with E-state index in [2.05, 4.69) is 58.3 Å². The molecule has 3 aromatic rings. The van der Waals surface area contributed by atoms with E-state index in [0.717, 1.165) is 57.2 Å². The highest BCUT2D eigenvalue weighted by Gasteiger charge is 2.44. The van der Waals surface area contributed by atoms with Crippen LogP contribution in [-0.2, 0) is 24.9 Å². The molecule has 1 heterocycles. The predicted octanol–water partition coefficient (Wildman–Crippen LogP) is 4.78. The molecule has 2 nitrogen and oxygen atoms in total. The third-order valence-electron chi connectivity index (χ3n) is 6.71. The molecule has 154 valence electrons. The number of hydrogen-bond donors (Lipinski definition) is 0. The Balaban J connectivity index is 1.41. The van der Waals surface area contributed by atoms with Crippen LogP contribution < -0.4 is 0 Å². The lowest BCUT2D eigenvalue weighted by molar-refractivity contribution is 0.0313. The van der Waals surface area contributed by atoms with Crippen LogP contribution in [0, 0.1) is 11.6 Å². The maximum atomic E-state index is 14.2. The predicted molar refractivity (Wildman–Crippen MR) is 115 cm³/mol. The topological polar surface area (TPSA) is 6.48 Å². The highest BCUT2D eigenvalue weighted by atomic mass is 19.1. The lowest BCUT2D eigenvalue weighted by Crippen LogP contribution is -2.56. The zero-order valence-electron chi connectivity index (χ0n) is 17.0. The monoisotopic (exact) mass is 404 g/mol. The van der Waals surface area contributed by atoms with Gasteiger partial charge in [0.1, 0.15) is 11.6 Å². The van der Waals surface area contributed by atoms with Crippen molar-refractivity contribution in [2.24, 2.45) is 0 Å². The van der Waals surface area contributed by atoms with E-state index in [4.69, 9.17) is 0 Å². The summed E-state index contributed by atoms with van der Waals surface area (Å²) in [6.45, 7) is 4.62. The summed E-state index contributed by atoms with van der Waals surface area (Å²) in [6, 6.07) is 23.0. The van der Waals surface area contributed by atoms with Gasteiger partial charge in [0.15, 0.2) is 0 Å². The fourth-order valence-corrected chi connectivity index (χ4v) is 5.20. The van der Waals surface area contributed by atoms with Crippen LogP contribution in [0.2, 0.25) is 0 Å². The zero-order chi connectivity index (χ0) is 20.6. The summed E-state index contributed by atoms with van der Waals surface area (Å²) in [4.78, 5) is 4.93. The van der Waals surface area contributed by atoms with Crippen LogP contribution in [0.15, 0.2) is 72.8 Å². The van der Waals surface area contributed by atoms with Gasteiger partial charge in [0, 0.05) is 38.8 Å². The molecular weight excluding hydrogens is 378 g/mol. The largest absolute Gasteiger partial charge is 0.297 e. The van der Waals surface area contributed by atoms with Crippen molar-refractivity contribution in [3.8, 4) is 0 Å². The number of fused-ring (bicyclic) bond motifs is 1. The average molecular weight is 405 g/mol. The van der Waals surface area contributed by atoms with Crippen LogP contribution in [-0.4, -0.2) is 36.0 Å². The van der Waals surface area contributed by atoms with Crippen molar-refractivity contribution in [1.82, 2.24) is 9.80 Å². The number of nitrogens with zero attached hydrogens (tertiary/aromatic N) is 2.